The second kappa shape index (κ2) is 6.03. The summed E-state index contributed by atoms with van der Waals surface area (Å²) in [5.41, 5.74) is 0.899. The monoisotopic (exact) mass is 279 g/mol. The molecule has 0 spiro atoms. The lowest BCUT2D eigenvalue weighted by Crippen LogP contribution is -2.30. The Bertz CT molecular complexity index is 502. The molecule has 2 rings (SSSR count). The van der Waals surface area contributed by atoms with E-state index in [9.17, 15) is 14.0 Å². The number of amides is 1. The summed E-state index contributed by atoms with van der Waals surface area (Å²) in [6.45, 7) is 1.74. The highest BCUT2D eigenvalue weighted by molar-refractivity contribution is 5.93. The van der Waals surface area contributed by atoms with Crippen molar-refractivity contribution in [3.05, 3.63) is 29.6 Å². The van der Waals surface area contributed by atoms with Crippen molar-refractivity contribution in [2.45, 2.75) is 32.6 Å². The van der Waals surface area contributed by atoms with Crippen molar-refractivity contribution in [2.75, 3.05) is 5.32 Å². The smallest absolute Gasteiger partial charge is 0.306 e. The van der Waals surface area contributed by atoms with E-state index in [1.807, 2.05) is 0 Å². The van der Waals surface area contributed by atoms with Gasteiger partial charge in [-0.2, -0.15) is 0 Å². The Morgan fingerprint density at radius 2 is 1.80 bits per heavy atom. The second-order valence-electron chi connectivity index (χ2n) is 5.31. The zero-order valence-electron chi connectivity index (χ0n) is 11.4. The van der Waals surface area contributed by atoms with Crippen LogP contribution in [0.2, 0.25) is 0 Å². The predicted molar refractivity (Wildman–Crippen MR) is 72.9 cm³/mol. The molecule has 5 heteroatoms. The lowest BCUT2D eigenvalue weighted by atomic mass is 9.81. The van der Waals surface area contributed by atoms with E-state index in [0.717, 1.165) is 0 Å². The van der Waals surface area contributed by atoms with Crippen molar-refractivity contribution in [1.82, 2.24) is 0 Å². The standard InChI is InChI=1S/C15H18FNO3/c1-9-3-2-4-12(16)13(9)17-14(18)10-5-7-11(8-6-10)15(19)20/h2-4,10-11H,5-8H2,1H3,(H,17,18)(H,19,20). The van der Waals surface area contributed by atoms with Gasteiger partial charge in [0.05, 0.1) is 11.6 Å². The van der Waals surface area contributed by atoms with Crippen molar-refractivity contribution in [3.8, 4) is 0 Å². The number of carbonyl (C=O) groups is 2. The molecule has 4 nitrogen and oxygen atoms in total. The van der Waals surface area contributed by atoms with Crippen LogP contribution in [0.3, 0.4) is 0 Å². The van der Waals surface area contributed by atoms with Crippen LogP contribution in [-0.2, 0) is 9.59 Å². The number of carboxylic acids is 1. The Balaban J connectivity index is 1.98. The number of rotatable bonds is 3. The highest BCUT2D eigenvalue weighted by Crippen LogP contribution is 2.30. The normalized spacial score (nSPS) is 22.3. The van der Waals surface area contributed by atoms with Gasteiger partial charge in [0, 0.05) is 5.92 Å². The predicted octanol–water partition coefficient (Wildman–Crippen LogP) is 2.96. The van der Waals surface area contributed by atoms with Crippen molar-refractivity contribution < 1.29 is 19.1 Å². The Kier molecular flexibility index (Phi) is 4.37. The molecule has 1 aliphatic rings. The first-order valence-corrected chi connectivity index (χ1v) is 6.78. The molecular weight excluding hydrogens is 261 g/mol. The van der Waals surface area contributed by atoms with Gasteiger partial charge in [0.2, 0.25) is 5.91 Å². The Morgan fingerprint density at radius 3 is 2.35 bits per heavy atom. The largest absolute Gasteiger partial charge is 0.481 e. The summed E-state index contributed by atoms with van der Waals surface area (Å²) in [4.78, 5) is 23.0. The van der Waals surface area contributed by atoms with Crippen molar-refractivity contribution in [2.24, 2.45) is 11.8 Å². The number of halogens is 1. The molecule has 2 N–H and O–H groups in total. The molecule has 0 radical (unpaired) electrons. The Hall–Kier alpha value is -1.91. The molecule has 1 aromatic rings. The fourth-order valence-electron chi connectivity index (χ4n) is 2.62. The maximum absolute atomic E-state index is 13.7. The number of carbonyl (C=O) groups excluding carboxylic acids is 1. The van der Waals surface area contributed by atoms with Crippen LogP contribution in [0, 0.1) is 24.6 Å². The van der Waals surface area contributed by atoms with E-state index < -0.39 is 11.8 Å². The lowest BCUT2D eigenvalue weighted by molar-refractivity contribution is -0.143. The summed E-state index contributed by atoms with van der Waals surface area (Å²) in [5, 5.41) is 11.6. The molecule has 0 aromatic heterocycles. The molecule has 0 heterocycles. The molecule has 1 fully saturated rings. The summed E-state index contributed by atoms with van der Waals surface area (Å²) in [7, 11) is 0. The molecule has 20 heavy (non-hydrogen) atoms. The molecule has 0 aliphatic heterocycles. The minimum absolute atomic E-state index is 0.220. The molecular formula is C15H18FNO3. The van der Waals surface area contributed by atoms with Gasteiger partial charge in [0.1, 0.15) is 5.82 Å². The second-order valence-corrected chi connectivity index (χ2v) is 5.31. The first-order chi connectivity index (χ1) is 9.49. The number of anilines is 1. The minimum Gasteiger partial charge on any atom is -0.481 e. The summed E-state index contributed by atoms with van der Waals surface area (Å²) < 4.78 is 13.7. The Labute approximate surface area is 117 Å². The van der Waals surface area contributed by atoms with Crippen LogP contribution in [0.4, 0.5) is 10.1 Å². The van der Waals surface area contributed by atoms with Crippen LogP contribution < -0.4 is 5.32 Å². The van der Waals surface area contributed by atoms with Crippen LogP contribution in [0.25, 0.3) is 0 Å². The van der Waals surface area contributed by atoms with Gasteiger partial charge in [-0.25, -0.2) is 4.39 Å². The quantitative estimate of drug-likeness (QED) is 0.894. The summed E-state index contributed by atoms with van der Waals surface area (Å²) in [6, 6.07) is 4.64. The molecule has 0 atom stereocenters. The van der Waals surface area contributed by atoms with Gasteiger partial charge in [-0.1, -0.05) is 12.1 Å². The first kappa shape index (κ1) is 14.5. The third-order valence-electron chi connectivity index (χ3n) is 3.92. The van der Waals surface area contributed by atoms with E-state index >= 15 is 0 Å². The van der Waals surface area contributed by atoms with E-state index in [1.165, 1.54) is 6.07 Å². The first-order valence-electron chi connectivity index (χ1n) is 6.78. The van der Waals surface area contributed by atoms with Gasteiger partial charge in [-0.05, 0) is 44.2 Å². The lowest BCUT2D eigenvalue weighted by Gasteiger charge is -2.25. The highest BCUT2D eigenvalue weighted by atomic mass is 19.1. The van der Waals surface area contributed by atoms with Gasteiger partial charge in [-0.3, -0.25) is 9.59 Å². The fourth-order valence-corrected chi connectivity index (χ4v) is 2.62. The number of nitrogens with one attached hydrogen (secondary N) is 1. The molecule has 0 unspecified atom stereocenters. The number of aliphatic carboxylic acids is 1. The topological polar surface area (TPSA) is 66.4 Å². The third-order valence-corrected chi connectivity index (χ3v) is 3.92. The average Bonchev–Trinajstić information content (AvgIpc) is 2.43. The van der Waals surface area contributed by atoms with Crippen molar-refractivity contribution in [3.63, 3.8) is 0 Å². The van der Waals surface area contributed by atoms with E-state index in [0.29, 0.717) is 31.2 Å². The SMILES string of the molecule is Cc1cccc(F)c1NC(=O)C1CCC(C(=O)O)CC1. The number of benzene rings is 1. The average molecular weight is 279 g/mol. The zero-order chi connectivity index (χ0) is 14.7. The van der Waals surface area contributed by atoms with Crippen LogP contribution >= 0.6 is 0 Å². The molecule has 1 aliphatic carbocycles. The van der Waals surface area contributed by atoms with Gasteiger partial charge < -0.3 is 10.4 Å². The van der Waals surface area contributed by atoms with Gasteiger partial charge in [0.25, 0.3) is 0 Å². The molecule has 0 saturated heterocycles. The van der Waals surface area contributed by atoms with Crippen molar-refractivity contribution in [1.29, 1.82) is 0 Å². The van der Waals surface area contributed by atoms with E-state index in [2.05, 4.69) is 5.32 Å². The van der Waals surface area contributed by atoms with Crippen LogP contribution in [-0.4, -0.2) is 17.0 Å². The number of hydrogen-bond acceptors (Lipinski definition) is 2. The number of para-hydroxylation sites is 1. The summed E-state index contributed by atoms with van der Waals surface area (Å²) in [6.07, 6.45) is 2.08. The molecule has 1 amide bonds. The third kappa shape index (κ3) is 3.15. The summed E-state index contributed by atoms with van der Waals surface area (Å²) >= 11 is 0. The van der Waals surface area contributed by atoms with Gasteiger partial charge >= 0.3 is 5.97 Å². The van der Waals surface area contributed by atoms with Gasteiger partial charge in [0.15, 0.2) is 0 Å². The maximum atomic E-state index is 13.7. The van der Waals surface area contributed by atoms with E-state index in [1.54, 1.807) is 19.1 Å². The minimum atomic E-state index is -0.797. The molecule has 1 aromatic carbocycles. The molecule has 0 bridgehead atoms. The van der Waals surface area contributed by atoms with Gasteiger partial charge in [-0.15, -0.1) is 0 Å². The highest BCUT2D eigenvalue weighted by Gasteiger charge is 2.30. The Morgan fingerprint density at radius 1 is 1.20 bits per heavy atom. The number of hydrogen-bond donors (Lipinski definition) is 2. The zero-order valence-corrected chi connectivity index (χ0v) is 11.4. The summed E-state index contributed by atoms with van der Waals surface area (Å²) in [5.74, 6) is -2.05. The molecule has 1 saturated carbocycles. The number of aryl methyl sites for hydroxylation is 1. The van der Waals surface area contributed by atoms with Crippen LogP contribution in [0.15, 0.2) is 18.2 Å². The fraction of sp³-hybridized carbons (Fsp3) is 0.467. The van der Waals surface area contributed by atoms with Crippen molar-refractivity contribution >= 4 is 17.6 Å². The van der Waals surface area contributed by atoms with E-state index in [4.69, 9.17) is 5.11 Å². The number of carboxylic acid groups (broad SMARTS) is 1. The van der Waals surface area contributed by atoms with Crippen LogP contribution in [0.1, 0.15) is 31.2 Å². The van der Waals surface area contributed by atoms with Crippen LogP contribution in [0.5, 0.6) is 0 Å². The van der Waals surface area contributed by atoms with E-state index in [-0.39, 0.29) is 23.4 Å². The molecule has 108 valence electrons. The maximum Gasteiger partial charge on any atom is 0.306 e.